The van der Waals surface area contributed by atoms with E-state index in [4.69, 9.17) is 14.6 Å². The van der Waals surface area contributed by atoms with Gasteiger partial charge in [0.2, 0.25) is 17.4 Å². The first-order valence-corrected chi connectivity index (χ1v) is 5.56. The van der Waals surface area contributed by atoms with Crippen molar-refractivity contribution in [2.75, 3.05) is 24.7 Å². The Labute approximate surface area is 104 Å². The number of benzene rings is 1. The lowest BCUT2D eigenvalue weighted by atomic mass is 10.2. The Morgan fingerprint density at radius 1 is 1.17 bits per heavy atom. The van der Waals surface area contributed by atoms with Crippen LogP contribution in [0.15, 0.2) is 39.4 Å². The van der Waals surface area contributed by atoms with Gasteiger partial charge in [0, 0.05) is 25.3 Å². The molecular formula is C13H13N3O2. The van der Waals surface area contributed by atoms with E-state index < -0.39 is 0 Å². The second-order valence-electron chi connectivity index (χ2n) is 4.27. The average Bonchev–Trinajstić information content (AvgIpc) is 2.92. The van der Waals surface area contributed by atoms with Crippen LogP contribution in [0.3, 0.4) is 0 Å². The molecule has 2 heterocycles. The standard InChI is InChI=1S/C13H13N3O2/c1-16(2)9-5-3-8(4-6-9)13-15-10-7-17-12(14)11(10)18-13/h3-7H,14H2,1-2H3. The second-order valence-corrected chi connectivity index (χ2v) is 4.27. The molecule has 18 heavy (non-hydrogen) atoms. The molecule has 0 saturated heterocycles. The number of anilines is 2. The third-order valence-electron chi connectivity index (χ3n) is 2.81. The van der Waals surface area contributed by atoms with Crippen molar-refractivity contribution in [2.24, 2.45) is 0 Å². The second kappa shape index (κ2) is 3.80. The van der Waals surface area contributed by atoms with Crippen LogP contribution in [-0.4, -0.2) is 19.1 Å². The summed E-state index contributed by atoms with van der Waals surface area (Å²) in [6.45, 7) is 0. The Bertz CT molecular complexity index is 680. The van der Waals surface area contributed by atoms with E-state index in [2.05, 4.69) is 4.98 Å². The third kappa shape index (κ3) is 1.60. The molecule has 0 aliphatic carbocycles. The van der Waals surface area contributed by atoms with Gasteiger partial charge in [-0.15, -0.1) is 0 Å². The van der Waals surface area contributed by atoms with Crippen LogP contribution in [0.4, 0.5) is 11.6 Å². The van der Waals surface area contributed by atoms with E-state index in [1.165, 1.54) is 6.26 Å². The van der Waals surface area contributed by atoms with Gasteiger partial charge >= 0.3 is 0 Å². The Hall–Kier alpha value is -2.43. The lowest BCUT2D eigenvalue weighted by Crippen LogP contribution is -2.07. The van der Waals surface area contributed by atoms with Crippen molar-refractivity contribution >= 4 is 22.7 Å². The van der Waals surface area contributed by atoms with Gasteiger partial charge in [-0.3, -0.25) is 0 Å². The summed E-state index contributed by atoms with van der Waals surface area (Å²) < 4.78 is 10.6. The Morgan fingerprint density at radius 2 is 1.89 bits per heavy atom. The number of furan rings is 1. The summed E-state index contributed by atoms with van der Waals surface area (Å²) in [4.78, 5) is 6.36. The Morgan fingerprint density at radius 3 is 2.50 bits per heavy atom. The first-order valence-electron chi connectivity index (χ1n) is 5.56. The maximum atomic E-state index is 5.62. The quantitative estimate of drug-likeness (QED) is 0.749. The van der Waals surface area contributed by atoms with Gasteiger partial charge in [0.1, 0.15) is 6.26 Å². The number of rotatable bonds is 2. The van der Waals surface area contributed by atoms with Gasteiger partial charge < -0.3 is 19.5 Å². The maximum Gasteiger partial charge on any atom is 0.236 e. The van der Waals surface area contributed by atoms with Crippen molar-refractivity contribution in [3.05, 3.63) is 30.5 Å². The SMILES string of the molecule is CN(C)c1ccc(-c2nc3coc(N)c3o2)cc1. The predicted octanol–water partition coefficient (Wildman–Crippen LogP) is 2.74. The Kier molecular flexibility index (Phi) is 2.26. The summed E-state index contributed by atoms with van der Waals surface area (Å²) in [5.74, 6) is 0.807. The number of fused-ring (bicyclic) bond motifs is 1. The molecule has 0 radical (unpaired) electrons. The molecule has 2 N–H and O–H groups in total. The van der Waals surface area contributed by atoms with Gasteiger partial charge in [-0.05, 0) is 24.3 Å². The number of nitrogen functional groups attached to an aromatic ring is 1. The molecule has 0 spiro atoms. The molecule has 1 aromatic carbocycles. The molecule has 0 aliphatic rings. The Balaban J connectivity index is 2.03. The summed E-state index contributed by atoms with van der Waals surface area (Å²) in [5, 5.41) is 0. The highest BCUT2D eigenvalue weighted by Gasteiger charge is 2.13. The van der Waals surface area contributed by atoms with Crippen LogP contribution in [0, 0.1) is 0 Å². The fourth-order valence-corrected chi connectivity index (χ4v) is 1.79. The number of hydrogen-bond donors (Lipinski definition) is 1. The van der Waals surface area contributed by atoms with E-state index >= 15 is 0 Å². The van der Waals surface area contributed by atoms with Crippen molar-refractivity contribution in [2.45, 2.75) is 0 Å². The topological polar surface area (TPSA) is 68.4 Å². The summed E-state index contributed by atoms with van der Waals surface area (Å²) >= 11 is 0. The smallest absolute Gasteiger partial charge is 0.236 e. The molecule has 3 aromatic rings. The first-order chi connectivity index (χ1) is 8.65. The highest BCUT2D eigenvalue weighted by atomic mass is 16.4. The molecule has 2 aromatic heterocycles. The van der Waals surface area contributed by atoms with Crippen molar-refractivity contribution < 1.29 is 8.83 Å². The van der Waals surface area contributed by atoms with Crippen LogP contribution in [0.5, 0.6) is 0 Å². The molecule has 5 heteroatoms. The van der Waals surface area contributed by atoms with Gasteiger partial charge in [0.15, 0.2) is 5.52 Å². The minimum absolute atomic E-state index is 0.258. The van der Waals surface area contributed by atoms with Crippen LogP contribution >= 0.6 is 0 Å². The van der Waals surface area contributed by atoms with Crippen molar-refractivity contribution in [1.82, 2.24) is 4.98 Å². The normalized spacial score (nSPS) is 11.0. The molecule has 0 atom stereocenters. The summed E-state index contributed by atoms with van der Waals surface area (Å²) in [6.07, 6.45) is 1.49. The van der Waals surface area contributed by atoms with Crippen LogP contribution in [0.1, 0.15) is 0 Å². The minimum Gasteiger partial charge on any atom is -0.443 e. The van der Waals surface area contributed by atoms with E-state index in [0.29, 0.717) is 17.0 Å². The summed E-state index contributed by atoms with van der Waals surface area (Å²) in [5.41, 5.74) is 8.80. The lowest BCUT2D eigenvalue weighted by Gasteiger charge is -2.11. The molecule has 0 unspecified atom stereocenters. The van der Waals surface area contributed by atoms with Crippen molar-refractivity contribution in [1.29, 1.82) is 0 Å². The molecule has 3 rings (SSSR count). The molecule has 0 bridgehead atoms. The molecule has 92 valence electrons. The van der Waals surface area contributed by atoms with E-state index in [0.717, 1.165) is 11.3 Å². The van der Waals surface area contributed by atoms with Crippen molar-refractivity contribution in [3.8, 4) is 11.5 Å². The van der Waals surface area contributed by atoms with E-state index in [1.54, 1.807) is 0 Å². The zero-order valence-electron chi connectivity index (χ0n) is 10.2. The van der Waals surface area contributed by atoms with E-state index in [-0.39, 0.29) is 5.88 Å². The highest BCUT2D eigenvalue weighted by Crippen LogP contribution is 2.29. The maximum absolute atomic E-state index is 5.62. The van der Waals surface area contributed by atoms with Gasteiger partial charge in [0.05, 0.1) is 0 Å². The summed E-state index contributed by atoms with van der Waals surface area (Å²) in [7, 11) is 3.99. The minimum atomic E-state index is 0.258. The fourth-order valence-electron chi connectivity index (χ4n) is 1.79. The molecule has 5 nitrogen and oxygen atoms in total. The van der Waals surface area contributed by atoms with Gasteiger partial charge in [-0.1, -0.05) is 0 Å². The molecule has 0 fully saturated rings. The zero-order valence-corrected chi connectivity index (χ0v) is 10.2. The number of aromatic nitrogens is 1. The summed E-state index contributed by atoms with van der Waals surface area (Å²) in [6, 6.07) is 7.95. The fraction of sp³-hybridized carbons (Fsp3) is 0.154. The largest absolute Gasteiger partial charge is 0.443 e. The van der Waals surface area contributed by atoms with E-state index in [9.17, 15) is 0 Å². The first kappa shape index (κ1) is 10.7. The molecule has 0 amide bonds. The van der Waals surface area contributed by atoms with Crippen molar-refractivity contribution in [3.63, 3.8) is 0 Å². The number of hydrogen-bond acceptors (Lipinski definition) is 5. The monoisotopic (exact) mass is 243 g/mol. The van der Waals surface area contributed by atoms with Gasteiger partial charge in [-0.2, -0.15) is 0 Å². The predicted molar refractivity (Wildman–Crippen MR) is 70.5 cm³/mol. The zero-order chi connectivity index (χ0) is 12.7. The molecule has 0 saturated carbocycles. The number of oxazole rings is 1. The molecular weight excluding hydrogens is 230 g/mol. The van der Waals surface area contributed by atoms with Crippen LogP contribution in [-0.2, 0) is 0 Å². The van der Waals surface area contributed by atoms with Crippen LogP contribution < -0.4 is 10.6 Å². The van der Waals surface area contributed by atoms with Crippen LogP contribution in [0.2, 0.25) is 0 Å². The van der Waals surface area contributed by atoms with Gasteiger partial charge in [0.25, 0.3) is 0 Å². The lowest BCUT2D eigenvalue weighted by molar-refractivity contribution is 0.566. The van der Waals surface area contributed by atoms with Crippen LogP contribution in [0.25, 0.3) is 22.6 Å². The average molecular weight is 243 g/mol. The van der Waals surface area contributed by atoms with Gasteiger partial charge in [-0.25, -0.2) is 4.98 Å². The number of nitrogens with zero attached hydrogens (tertiary/aromatic N) is 2. The number of nitrogens with two attached hydrogens (primary N) is 1. The van der Waals surface area contributed by atoms with E-state index in [1.807, 2.05) is 43.3 Å². The third-order valence-corrected chi connectivity index (χ3v) is 2.81. The highest BCUT2D eigenvalue weighted by molar-refractivity contribution is 5.83. The molecule has 0 aliphatic heterocycles.